The molecule has 11 nitrogen and oxygen atoms in total. The predicted molar refractivity (Wildman–Crippen MR) is 158 cm³/mol. The van der Waals surface area contributed by atoms with E-state index in [2.05, 4.69) is 33.7 Å². The molecule has 3 aromatic heterocycles. The standard InChI is InChI=1S/C30H41N7O4S/c1-30(2)20-23-10-7-16-35-17-14-27(33-35)42(39,40)34-29(38)24-11-12-25(31-28(24)36(30)21-23)37-18-13-26(32-37)41-19-15-22-8-5-3-4-6-9-22/h11-14,17-18,22-23H,3-10,15-16,19-21H2,1-2H3,(H,34,38)/t23-/m0/s1. The van der Waals surface area contributed by atoms with E-state index >= 15 is 0 Å². The van der Waals surface area contributed by atoms with Crippen LogP contribution in [-0.2, 0) is 16.6 Å². The van der Waals surface area contributed by atoms with E-state index in [1.807, 2.05) is 6.07 Å². The Kier molecular flexibility index (Phi) is 7.99. The Morgan fingerprint density at radius 3 is 2.62 bits per heavy atom. The lowest BCUT2D eigenvalue weighted by atomic mass is 9.93. The van der Waals surface area contributed by atoms with Crippen LogP contribution in [0, 0.1) is 11.8 Å². The van der Waals surface area contributed by atoms with Crippen LogP contribution >= 0.6 is 0 Å². The third-order valence-corrected chi connectivity index (χ3v) is 10.2. The number of hydrogen-bond donors (Lipinski definition) is 1. The SMILES string of the molecule is CC1(C)C[C@@H]2CCCn3ccc(n3)S(=O)(=O)NC(=O)c3ccc(-n4ccc(OCCC5CCCCCC5)n4)nc3N1C2. The van der Waals surface area contributed by atoms with Gasteiger partial charge in [-0.15, -0.1) is 5.10 Å². The van der Waals surface area contributed by atoms with Crippen molar-refractivity contribution in [1.29, 1.82) is 0 Å². The molecule has 1 saturated heterocycles. The second kappa shape index (κ2) is 11.7. The molecule has 1 N–H and O–H groups in total. The van der Waals surface area contributed by atoms with Crippen molar-refractivity contribution in [2.75, 3.05) is 18.1 Å². The largest absolute Gasteiger partial charge is 0.477 e. The van der Waals surface area contributed by atoms with E-state index in [4.69, 9.17) is 9.72 Å². The quantitative estimate of drug-likeness (QED) is 0.420. The molecule has 0 spiro atoms. The second-order valence-electron chi connectivity index (χ2n) is 12.6. The van der Waals surface area contributed by atoms with Crippen molar-refractivity contribution in [2.24, 2.45) is 11.8 Å². The Morgan fingerprint density at radius 2 is 1.81 bits per heavy atom. The summed E-state index contributed by atoms with van der Waals surface area (Å²) in [6, 6.07) is 6.57. The zero-order chi connectivity index (χ0) is 29.3. The summed E-state index contributed by atoms with van der Waals surface area (Å²) in [7, 11) is -4.15. The van der Waals surface area contributed by atoms with E-state index in [0.29, 0.717) is 36.6 Å². The number of carbonyl (C=O) groups excluding carboxylic acids is 1. The molecule has 2 fully saturated rings. The summed E-state index contributed by atoms with van der Waals surface area (Å²) in [6.45, 7) is 6.26. The summed E-state index contributed by atoms with van der Waals surface area (Å²) in [5.74, 6) is 1.90. The van der Waals surface area contributed by atoms with Gasteiger partial charge in [0.25, 0.3) is 15.9 Å². The summed E-state index contributed by atoms with van der Waals surface area (Å²) >= 11 is 0. The summed E-state index contributed by atoms with van der Waals surface area (Å²) in [5, 5.41) is 8.64. The minimum atomic E-state index is -4.15. The van der Waals surface area contributed by atoms with Crippen LogP contribution in [-0.4, -0.2) is 57.6 Å². The van der Waals surface area contributed by atoms with E-state index in [0.717, 1.165) is 38.1 Å². The number of ether oxygens (including phenoxy) is 1. The van der Waals surface area contributed by atoms with Gasteiger partial charge in [-0.2, -0.15) is 13.5 Å². The summed E-state index contributed by atoms with van der Waals surface area (Å²) in [4.78, 5) is 20.5. The van der Waals surface area contributed by atoms with Gasteiger partial charge in [-0.25, -0.2) is 14.4 Å². The number of carbonyl (C=O) groups is 1. The Morgan fingerprint density at radius 1 is 1.00 bits per heavy atom. The summed E-state index contributed by atoms with van der Waals surface area (Å²) < 4.78 is 37.6. The number of anilines is 1. The number of amides is 1. The van der Waals surface area contributed by atoms with Crippen LogP contribution in [0.3, 0.4) is 0 Å². The van der Waals surface area contributed by atoms with Crippen molar-refractivity contribution in [3.63, 3.8) is 0 Å². The first-order chi connectivity index (χ1) is 20.2. The van der Waals surface area contributed by atoms with Crippen molar-refractivity contribution in [1.82, 2.24) is 29.3 Å². The van der Waals surface area contributed by atoms with Gasteiger partial charge in [0, 0.05) is 37.1 Å². The zero-order valence-electron chi connectivity index (χ0n) is 24.5. The third-order valence-electron chi connectivity index (χ3n) is 8.99. The highest BCUT2D eigenvalue weighted by Crippen LogP contribution is 2.40. The van der Waals surface area contributed by atoms with Crippen LogP contribution in [0.4, 0.5) is 5.82 Å². The number of fused-ring (bicyclic) bond motifs is 6. The van der Waals surface area contributed by atoms with Crippen molar-refractivity contribution in [3.05, 3.63) is 42.2 Å². The van der Waals surface area contributed by atoms with E-state index < -0.39 is 15.9 Å². The highest BCUT2D eigenvalue weighted by atomic mass is 32.2. The molecule has 0 radical (unpaired) electrons. The molecule has 1 atom stereocenters. The van der Waals surface area contributed by atoms with E-state index in [-0.39, 0.29) is 16.1 Å². The Labute approximate surface area is 247 Å². The van der Waals surface area contributed by atoms with Gasteiger partial charge in [0.15, 0.2) is 10.8 Å². The molecule has 3 aliphatic rings. The van der Waals surface area contributed by atoms with E-state index in [9.17, 15) is 13.2 Å². The molecule has 0 aromatic carbocycles. The molecule has 42 heavy (non-hydrogen) atoms. The lowest BCUT2D eigenvalue weighted by molar-refractivity contribution is 0.0981. The Balaban J connectivity index is 1.27. The fraction of sp³-hybridized carbons (Fsp3) is 0.600. The highest BCUT2D eigenvalue weighted by Gasteiger charge is 2.41. The molecular weight excluding hydrogens is 554 g/mol. The van der Waals surface area contributed by atoms with Crippen LogP contribution in [0.25, 0.3) is 5.82 Å². The molecular formula is C30H41N7O4S. The third kappa shape index (κ3) is 6.18. The molecule has 2 aliphatic heterocycles. The number of rotatable bonds is 5. The monoisotopic (exact) mass is 595 g/mol. The molecule has 5 heterocycles. The lowest BCUT2D eigenvalue weighted by Gasteiger charge is -2.34. The summed E-state index contributed by atoms with van der Waals surface area (Å²) in [6.07, 6.45) is 15.1. The van der Waals surface area contributed by atoms with Crippen LogP contribution in [0.5, 0.6) is 5.88 Å². The van der Waals surface area contributed by atoms with Crippen molar-refractivity contribution in [3.8, 4) is 11.7 Å². The normalized spacial score (nSPS) is 22.6. The van der Waals surface area contributed by atoms with Gasteiger partial charge >= 0.3 is 0 Å². The van der Waals surface area contributed by atoms with Gasteiger partial charge in [0.1, 0.15) is 5.82 Å². The van der Waals surface area contributed by atoms with Gasteiger partial charge in [-0.3, -0.25) is 9.48 Å². The average molecular weight is 596 g/mol. The zero-order valence-corrected chi connectivity index (χ0v) is 25.4. The number of hydrogen-bond acceptors (Lipinski definition) is 8. The fourth-order valence-electron chi connectivity index (χ4n) is 6.78. The number of sulfonamides is 1. The minimum Gasteiger partial charge on any atom is -0.477 e. The van der Waals surface area contributed by atoms with Gasteiger partial charge in [-0.1, -0.05) is 38.5 Å². The van der Waals surface area contributed by atoms with Crippen LogP contribution in [0.15, 0.2) is 41.7 Å². The van der Waals surface area contributed by atoms with Crippen LogP contribution < -0.4 is 14.4 Å². The highest BCUT2D eigenvalue weighted by molar-refractivity contribution is 7.90. The first kappa shape index (κ1) is 28.7. The topological polar surface area (TPSA) is 124 Å². The maximum Gasteiger partial charge on any atom is 0.283 e. The number of nitrogens with one attached hydrogen (secondary N) is 1. The smallest absolute Gasteiger partial charge is 0.283 e. The average Bonchev–Trinajstić information content (AvgIpc) is 3.63. The Hall–Kier alpha value is -3.41. The molecule has 1 amide bonds. The number of aryl methyl sites for hydroxylation is 1. The number of aromatic nitrogens is 5. The van der Waals surface area contributed by atoms with Gasteiger partial charge in [0.05, 0.1) is 12.2 Å². The fourth-order valence-corrected chi connectivity index (χ4v) is 7.69. The second-order valence-corrected chi connectivity index (χ2v) is 14.3. The predicted octanol–water partition coefficient (Wildman–Crippen LogP) is 4.72. The van der Waals surface area contributed by atoms with Crippen LogP contribution in [0.1, 0.15) is 88.4 Å². The first-order valence-corrected chi connectivity index (χ1v) is 16.7. The van der Waals surface area contributed by atoms with Gasteiger partial charge < -0.3 is 9.64 Å². The maximum absolute atomic E-state index is 13.5. The molecule has 6 rings (SSSR count). The Bertz CT molecular complexity index is 1520. The summed E-state index contributed by atoms with van der Waals surface area (Å²) in [5.41, 5.74) is -0.0846. The van der Waals surface area contributed by atoms with Gasteiger partial charge in [0.2, 0.25) is 5.88 Å². The molecule has 0 unspecified atom stereocenters. The molecule has 1 aliphatic carbocycles. The molecule has 4 bridgehead atoms. The molecule has 1 saturated carbocycles. The van der Waals surface area contributed by atoms with Crippen LogP contribution in [0.2, 0.25) is 0 Å². The number of nitrogens with zero attached hydrogens (tertiary/aromatic N) is 6. The molecule has 226 valence electrons. The van der Waals surface area contributed by atoms with Crippen molar-refractivity contribution >= 4 is 21.7 Å². The minimum absolute atomic E-state index is 0.175. The van der Waals surface area contributed by atoms with Crippen molar-refractivity contribution < 1.29 is 17.9 Å². The maximum atomic E-state index is 13.5. The van der Waals surface area contributed by atoms with E-state index in [1.165, 1.54) is 44.6 Å². The van der Waals surface area contributed by atoms with Crippen molar-refractivity contribution in [2.45, 2.75) is 95.2 Å². The van der Waals surface area contributed by atoms with Gasteiger partial charge in [-0.05, 0) is 69.6 Å². The molecule has 12 heteroatoms. The first-order valence-electron chi connectivity index (χ1n) is 15.3. The lowest BCUT2D eigenvalue weighted by Crippen LogP contribution is -2.41. The van der Waals surface area contributed by atoms with E-state index in [1.54, 1.807) is 33.9 Å². The molecule has 3 aromatic rings. The number of pyridine rings is 1.